The third-order valence-corrected chi connectivity index (χ3v) is 8.13. The Hall–Kier alpha value is -3.08. The van der Waals surface area contributed by atoms with Crippen LogP contribution in [0.3, 0.4) is 0 Å². The summed E-state index contributed by atoms with van der Waals surface area (Å²) in [4.78, 5) is 14.9. The summed E-state index contributed by atoms with van der Waals surface area (Å²) in [6.45, 7) is 4.50. The molecule has 0 radical (unpaired) electrons. The van der Waals surface area contributed by atoms with Crippen molar-refractivity contribution in [3.8, 4) is 0 Å². The number of nitrogens with zero attached hydrogens (tertiary/aromatic N) is 1. The van der Waals surface area contributed by atoms with Crippen LogP contribution in [0.25, 0.3) is 0 Å². The van der Waals surface area contributed by atoms with Crippen molar-refractivity contribution >= 4 is 38.9 Å². The minimum Gasteiger partial charge on any atom is -0.326 e. The van der Waals surface area contributed by atoms with Gasteiger partial charge >= 0.3 is 6.18 Å². The van der Waals surface area contributed by atoms with Gasteiger partial charge in [-0.3, -0.25) is 14.4 Å². The van der Waals surface area contributed by atoms with Gasteiger partial charge in [-0.25, -0.2) is 8.42 Å². The first kappa shape index (κ1) is 27.9. The van der Waals surface area contributed by atoms with Crippen LogP contribution < -0.4 is 10.0 Å². The summed E-state index contributed by atoms with van der Waals surface area (Å²) < 4.78 is 66.8. The van der Waals surface area contributed by atoms with Crippen LogP contribution in [-0.4, -0.2) is 32.3 Å². The van der Waals surface area contributed by atoms with Gasteiger partial charge in [0.2, 0.25) is 5.91 Å². The highest BCUT2D eigenvalue weighted by atomic mass is 35.5. The molecule has 1 amide bonds. The monoisotopic (exact) mass is 565 g/mol. The molecule has 38 heavy (non-hydrogen) atoms. The van der Waals surface area contributed by atoms with Crippen LogP contribution in [0.15, 0.2) is 71.6 Å². The molecule has 0 unspecified atom stereocenters. The highest BCUT2D eigenvalue weighted by molar-refractivity contribution is 7.92. The minimum absolute atomic E-state index is 0.130. The number of hydrogen-bond acceptors (Lipinski definition) is 4. The van der Waals surface area contributed by atoms with E-state index < -0.39 is 26.8 Å². The number of anilines is 2. The normalized spacial score (nSPS) is 15.3. The number of piperidine rings is 1. The Morgan fingerprint density at radius 2 is 1.66 bits per heavy atom. The molecule has 11 heteroatoms. The number of amides is 1. The number of hydrogen-bond donors (Lipinski definition) is 2. The van der Waals surface area contributed by atoms with Gasteiger partial charge in [-0.05, 0) is 80.9 Å². The maximum absolute atomic E-state index is 13.1. The summed E-state index contributed by atoms with van der Waals surface area (Å²) in [6.07, 6.45) is -3.29. The van der Waals surface area contributed by atoms with Gasteiger partial charge < -0.3 is 5.32 Å². The molecule has 0 spiro atoms. The van der Waals surface area contributed by atoms with Gasteiger partial charge in [-0.1, -0.05) is 41.4 Å². The van der Waals surface area contributed by atoms with Crippen molar-refractivity contribution in [2.75, 3.05) is 23.1 Å². The van der Waals surface area contributed by atoms with Crippen molar-refractivity contribution < 1.29 is 26.4 Å². The van der Waals surface area contributed by atoms with E-state index in [-0.39, 0.29) is 22.4 Å². The zero-order valence-electron chi connectivity index (χ0n) is 20.6. The first-order valence-corrected chi connectivity index (χ1v) is 13.9. The number of alkyl halides is 3. The topological polar surface area (TPSA) is 78.5 Å². The first-order chi connectivity index (χ1) is 17.9. The molecule has 1 aliphatic heterocycles. The fourth-order valence-corrected chi connectivity index (χ4v) is 5.68. The fraction of sp³-hybridized carbons (Fsp3) is 0.296. The summed E-state index contributed by atoms with van der Waals surface area (Å²) in [5.41, 5.74) is 1.48. The zero-order chi connectivity index (χ0) is 27.5. The Morgan fingerprint density at radius 3 is 2.29 bits per heavy atom. The molecule has 0 aliphatic carbocycles. The largest absolute Gasteiger partial charge is 0.417 e. The molecule has 3 aromatic rings. The SMILES string of the molecule is Cc1cccc(CN2CCC(C(=O)Nc3ccc(S(=O)(=O)Nc4ccc(Cl)c(C(F)(F)F)c4)cc3)CC2)c1. The number of rotatable bonds is 7. The summed E-state index contributed by atoms with van der Waals surface area (Å²) >= 11 is 5.60. The van der Waals surface area contributed by atoms with E-state index in [1.165, 1.54) is 35.4 Å². The van der Waals surface area contributed by atoms with Crippen LogP contribution in [0.2, 0.25) is 5.02 Å². The van der Waals surface area contributed by atoms with E-state index in [1.807, 2.05) is 6.07 Å². The average molecular weight is 566 g/mol. The van der Waals surface area contributed by atoms with Crippen molar-refractivity contribution in [1.82, 2.24) is 4.90 Å². The van der Waals surface area contributed by atoms with E-state index in [1.54, 1.807) is 0 Å². The molecule has 1 aliphatic rings. The van der Waals surface area contributed by atoms with Crippen LogP contribution in [0.5, 0.6) is 0 Å². The number of likely N-dealkylation sites (tertiary alicyclic amines) is 1. The third-order valence-electron chi connectivity index (χ3n) is 6.40. The van der Waals surface area contributed by atoms with Gasteiger partial charge in [-0.15, -0.1) is 0 Å². The Balaban J connectivity index is 1.33. The molecule has 1 heterocycles. The summed E-state index contributed by atoms with van der Waals surface area (Å²) in [5, 5.41) is 2.30. The predicted octanol–water partition coefficient (Wildman–Crippen LogP) is 6.32. The fourth-order valence-electron chi connectivity index (χ4n) is 4.40. The maximum atomic E-state index is 13.1. The minimum atomic E-state index is -4.73. The van der Waals surface area contributed by atoms with Gasteiger partial charge in [0.15, 0.2) is 0 Å². The molecular weight excluding hydrogens is 539 g/mol. The van der Waals surface area contributed by atoms with Crippen LogP contribution in [0.1, 0.15) is 29.5 Å². The van der Waals surface area contributed by atoms with Gasteiger partial charge in [0, 0.05) is 23.8 Å². The van der Waals surface area contributed by atoms with Crippen molar-refractivity contribution in [2.24, 2.45) is 5.92 Å². The molecule has 0 saturated carbocycles. The molecule has 0 atom stereocenters. The van der Waals surface area contributed by atoms with Crippen molar-refractivity contribution in [2.45, 2.75) is 37.4 Å². The van der Waals surface area contributed by atoms with Crippen LogP contribution in [-0.2, 0) is 27.5 Å². The highest BCUT2D eigenvalue weighted by Crippen LogP contribution is 2.36. The van der Waals surface area contributed by atoms with E-state index in [4.69, 9.17) is 11.6 Å². The maximum Gasteiger partial charge on any atom is 0.417 e. The van der Waals surface area contributed by atoms with E-state index >= 15 is 0 Å². The second kappa shape index (κ2) is 11.3. The lowest BCUT2D eigenvalue weighted by Crippen LogP contribution is -2.37. The second-order valence-corrected chi connectivity index (χ2v) is 11.4. The third kappa shape index (κ3) is 7.06. The summed E-state index contributed by atoms with van der Waals surface area (Å²) in [6, 6.07) is 16.6. The van der Waals surface area contributed by atoms with Gasteiger partial charge in [0.05, 0.1) is 15.5 Å². The molecule has 1 saturated heterocycles. The number of nitrogens with one attached hydrogen (secondary N) is 2. The number of carbonyl (C=O) groups excluding carboxylic acids is 1. The lowest BCUT2D eigenvalue weighted by atomic mass is 9.95. The second-order valence-electron chi connectivity index (χ2n) is 9.35. The van der Waals surface area contributed by atoms with E-state index in [9.17, 15) is 26.4 Å². The van der Waals surface area contributed by atoms with Crippen molar-refractivity contribution in [3.05, 3.63) is 88.4 Å². The zero-order valence-corrected chi connectivity index (χ0v) is 22.1. The van der Waals surface area contributed by atoms with Crippen molar-refractivity contribution in [1.29, 1.82) is 0 Å². The Bertz CT molecular complexity index is 1410. The molecule has 6 nitrogen and oxygen atoms in total. The quantitative estimate of drug-likeness (QED) is 0.351. The van der Waals surface area contributed by atoms with Gasteiger partial charge in [0.25, 0.3) is 10.0 Å². The Kier molecular flexibility index (Phi) is 8.34. The average Bonchev–Trinajstić information content (AvgIpc) is 2.85. The van der Waals surface area contributed by atoms with E-state index in [2.05, 4.69) is 40.1 Å². The number of sulfonamides is 1. The standard InChI is InChI=1S/C27H27ClF3N3O3S/c1-18-3-2-4-19(15-18)17-34-13-11-20(12-14-34)26(35)32-21-5-8-23(9-6-21)38(36,37)33-22-7-10-25(28)24(16-22)27(29,30)31/h2-10,15-16,20,33H,11-14,17H2,1H3,(H,32,35). The lowest BCUT2D eigenvalue weighted by Gasteiger charge is -2.31. The number of benzene rings is 3. The number of halogens is 4. The van der Waals surface area contributed by atoms with Crippen LogP contribution in [0, 0.1) is 12.8 Å². The molecular formula is C27H27ClF3N3O3S. The van der Waals surface area contributed by atoms with Crippen LogP contribution >= 0.6 is 11.6 Å². The molecule has 4 rings (SSSR count). The number of carbonyl (C=O) groups is 1. The van der Waals surface area contributed by atoms with Gasteiger partial charge in [0.1, 0.15) is 0 Å². The molecule has 202 valence electrons. The summed E-state index contributed by atoms with van der Waals surface area (Å²) in [7, 11) is -4.17. The molecule has 0 bridgehead atoms. The van der Waals surface area contributed by atoms with E-state index in [0.717, 1.165) is 44.6 Å². The highest BCUT2D eigenvalue weighted by Gasteiger charge is 2.33. The van der Waals surface area contributed by atoms with Crippen LogP contribution in [0.4, 0.5) is 24.5 Å². The molecule has 0 aromatic heterocycles. The summed E-state index contributed by atoms with van der Waals surface area (Å²) in [5.74, 6) is -0.281. The molecule has 2 N–H and O–H groups in total. The Morgan fingerprint density at radius 1 is 1.00 bits per heavy atom. The smallest absolute Gasteiger partial charge is 0.326 e. The predicted molar refractivity (Wildman–Crippen MR) is 142 cm³/mol. The Labute approximate surface area is 224 Å². The number of aryl methyl sites for hydroxylation is 1. The van der Waals surface area contributed by atoms with Gasteiger partial charge in [-0.2, -0.15) is 13.2 Å². The molecule has 3 aromatic carbocycles. The van der Waals surface area contributed by atoms with Crippen molar-refractivity contribution in [3.63, 3.8) is 0 Å². The van der Waals surface area contributed by atoms with E-state index in [0.29, 0.717) is 11.8 Å². The lowest BCUT2D eigenvalue weighted by molar-refractivity contribution is -0.137. The molecule has 1 fully saturated rings. The first-order valence-electron chi connectivity index (χ1n) is 12.0.